The molecule has 27 heavy (non-hydrogen) atoms. The molecule has 4 aromatic rings. The molecule has 1 aromatic heterocycles. The summed E-state index contributed by atoms with van der Waals surface area (Å²) in [5, 5.41) is 0. The molecule has 1 N–H and O–H groups in total. The molecule has 0 saturated carbocycles. The van der Waals surface area contributed by atoms with Crippen molar-refractivity contribution in [2.24, 2.45) is 0 Å². The van der Waals surface area contributed by atoms with Crippen LogP contribution in [0.15, 0.2) is 66.7 Å². The van der Waals surface area contributed by atoms with Crippen LogP contribution < -0.4 is 0 Å². The first-order valence-electron chi connectivity index (χ1n) is 9.11. The van der Waals surface area contributed by atoms with Crippen molar-refractivity contribution in [3.05, 3.63) is 77.9 Å². The summed E-state index contributed by atoms with van der Waals surface area (Å²) in [5.74, 6) is 0.853. The minimum absolute atomic E-state index is 0.104. The SMILES string of the molecule is CC(C)(C)c1ccc2nc(-c3ccc(-c4ccccc4C=O)cc3)[nH]c2c1. The number of aldehydes is 1. The lowest BCUT2D eigenvalue weighted by Gasteiger charge is -2.18. The summed E-state index contributed by atoms with van der Waals surface area (Å²) in [5.41, 5.74) is 7.09. The number of hydrogen-bond acceptors (Lipinski definition) is 2. The fourth-order valence-electron chi connectivity index (χ4n) is 3.28. The van der Waals surface area contributed by atoms with Crippen LogP contribution in [-0.4, -0.2) is 16.3 Å². The zero-order valence-electron chi connectivity index (χ0n) is 15.8. The Hall–Kier alpha value is -3.20. The molecule has 4 rings (SSSR count). The highest BCUT2D eigenvalue weighted by atomic mass is 16.1. The van der Waals surface area contributed by atoms with Crippen molar-refractivity contribution in [2.75, 3.05) is 0 Å². The molecule has 0 aliphatic carbocycles. The molecule has 0 unspecified atom stereocenters. The summed E-state index contributed by atoms with van der Waals surface area (Å²) in [7, 11) is 0. The van der Waals surface area contributed by atoms with E-state index in [-0.39, 0.29) is 5.41 Å². The van der Waals surface area contributed by atoms with E-state index in [1.54, 1.807) is 0 Å². The molecule has 3 nitrogen and oxygen atoms in total. The van der Waals surface area contributed by atoms with Gasteiger partial charge in [0.25, 0.3) is 0 Å². The highest BCUT2D eigenvalue weighted by Crippen LogP contribution is 2.29. The molecule has 0 saturated heterocycles. The summed E-state index contributed by atoms with van der Waals surface area (Å²) < 4.78 is 0. The van der Waals surface area contributed by atoms with Crippen LogP contribution in [0, 0.1) is 0 Å². The molecule has 0 spiro atoms. The van der Waals surface area contributed by atoms with Gasteiger partial charge in [0, 0.05) is 11.1 Å². The van der Waals surface area contributed by atoms with Crippen LogP contribution >= 0.6 is 0 Å². The first-order valence-corrected chi connectivity index (χ1v) is 9.11. The van der Waals surface area contributed by atoms with Crippen LogP contribution in [0.25, 0.3) is 33.5 Å². The van der Waals surface area contributed by atoms with Crippen molar-refractivity contribution in [1.82, 2.24) is 9.97 Å². The predicted octanol–water partition coefficient (Wildman–Crippen LogP) is 6.01. The maximum absolute atomic E-state index is 11.3. The Kier molecular flexibility index (Phi) is 4.15. The van der Waals surface area contributed by atoms with E-state index in [2.05, 4.69) is 44.0 Å². The summed E-state index contributed by atoms with van der Waals surface area (Å²) >= 11 is 0. The zero-order chi connectivity index (χ0) is 19.0. The lowest BCUT2D eigenvalue weighted by atomic mass is 9.87. The van der Waals surface area contributed by atoms with Crippen LogP contribution in [0.5, 0.6) is 0 Å². The molecule has 0 amide bonds. The van der Waals surface area contributed by atoms with Gasteiger partial charge in [-0.15, -0.1) is 0 Å². The van der Waals surface area contributed by atoms with Gasteiger partial charge in [-0.2, -0.15) is 0 Å². The fourth-order valence-corrected chi connectivity index (χ4v) is 3.28. The Morgan fingerprint density at radius 3 is 2.30 bits per heavy atom. The maximum atomic E-state index is 11.3. The van der Waals surface area contributed by atoms with Crippen LogP contribution in [-0.2, 0) is 5.41 Å². The average molecular weight is 354 g/mol. The van der Waals surface area contributed by atoms with Crippen LogP contribution in [0.3, 0.4) is 0 Å². The largest absolute Gasteiger partial charge is 0.338 e. The summed E-state index contributed by atoms with van der Waals surface area (Å²) in [6.07, 6.45) is 0.898. The van der Waals surface area contributed by atoms with E-state index in [4.69, 9.17) is 4.98 Å². The maximum Gasteiger partial charge on any atom is 0.150 e. The molecule has 134 valence electrons. The van der Waals surface area contributed by atoms with Gasteiger partial charge in [0.2, 0.25) is 0 Å². The third-order valence-corrected chi connectivity index (χ3v) is 4.91. The van der Waals surface area contributed by atoms with Gasteiger partial charge in [-0.1, -0.05) is 75.4 Å². The number of benzene rings is 3. The zero-order valence-corrected chi connectivity index (χ0v) is 15.8. The number of hydrogen-bond donors (Lipinski definition) is 1. The molecular formula is C24H22N2O. The summed E-state index contributed by atoms with van der Waals surface area (Å²) in [6.45, 7) is 6.63. The lowest BCUT2D eigenvalue weighted by Crippen LogP contribution is -2.10. The minimum Gasteiger partial charge on any atom is -0.338 e. The van der Waals surface area contributed by atoms with Gasteiger partial charge < -0.3 is 4.98 Å². The molecule has 3 heteroatoms. The van der Waals surface area contributed by atoms with Crippen molar-refractivity contribution in [1.29, 1.82) is 0 Å². The Labute approximate surface area is 159 Å². The van der Waals surface area contributed by atoms with E-state index in [0.717, 1.165) is 39.8 Å². The van der Waals surface area contributed by atoms with Gasteiger partial charge in [-0.25, -0.2) is 4.98 Å². The first-order chi connectivity index (χ1) is 13.0. The quantitative estimate of drug-likeness (QED) is 0.458. The van der Waals surface area contributed by atoms with E-state index < -0.39 is 0 Å². The number of carbonyl (C=O) groups is 1. The third kappa shape index (κ3) is 3.28. The van der Waals surface area contributed by atoms with E-state index in [1.807, 2.05) is 48.5 Å². The second-order valence-electron chi connectivity index (χ2n) is 7.85. The second-order valence-corrected chi connectivity index (χ2v) is 7.85. The molecular weight excluding hydrogens is 332 g/mol. The number of nitrogens with one attached hydrogen (secondary N) is 1. The molecule has 0 aliphatic rings. The predicted molar refractivity (Wildman–Crippen MR) is 111 cm³/mol. The fraction of sp³-hybridized carbons (Fsp3) is 0.167. The lowest BCUT2D eigenvalue weighted by molar-refractivity contribution is 0.112. The highest BCUT2D eigenvalue weighted by Gasteiger charge is 2.15. The molecule has 0 aliphatic heterocycles. The Morgan fingerprint density at radius 2 is 1.59 bits per heavy atom. The van der Waals surface area contributed by atoms with Gasteiger partial charge >= 0.3 is 0 Å². The third-order valence-electron chi connectivity index (χ3n) is 4.91. The van der Waals surface area contributed by atoms with Crippen molar-refractivity contribution >= 4 is 17.3 Å². The number of nitrogens with zero attached hydrogens (tertiary/aromatic N) is 1. The molecule has 0 atom stereocenters. The number of aromatic amines is 1. The van der Waals surface area contributed by atoms with Crippen molar-refractivity contribution in [2.45, 2.75) is 26.2 Å². The van der Waals surface area contributed by atoms with Crippen LogP contribution in [0.1, 0.15) is 36.7 Å². The van der Waals surface area contributed by atoms with E-state index in [1.165, 1.54) is 5.56 Å². The van der Waals surface area contributed by atoms with E-state index in [9.17, 15) is 4.79 Å². The molecule has 3 aromatic carbocycles. The first kappa shape index (κ1) is 17.2. The molecule has 0 radical (unpaired) electrons. The van der Waals surface area contributed by atoms with Crippen LogP contribution in [0.2, 0.25) is 0 Å². The molecule has 0 fully saturated rings. The number of rotatable bonds is 3. The number of H-pyrrole nitrogens is 1. The Balaban J connectivity index is 1.71. The minimum atomic E-state index is 0.104. The number of carbonyl (C=O) groups excluding carboxylic acids is 1. The van der Waals surface area contributed by atoms with Crippen molar-refractivity contribution < 1.29 is 4.79 Å². The number of imidazole rings is 1. The Bertz CT molecular complexity index is 1120. The molecule has 0 bridgehead atoms. The van der Waals surface area contributed by atoms with E-state index >= 15 is 0 Å². The second kappa shape index (κ2) is 6.51. The summed E-state index contributed by atoms with van der Waals surface area (Å²) in [6, 6.07) is 22.2. The Morgan fingerprint density at radius 1 is 0.889 bits per heavy atom. The van der Waals surface area contributed by atoms with Gasteiger partial charge in [0.1, 0.15) is 5.82 Å². The average Bonchev–Trinajstić information content (AvgIpc) is 3.11. The van der Waals surface area contributed by atoms with Gasteiger partial charge in [-0.3, -0.25) is 4.79 Å². The van der Waals surface area contributed by atoms with E-state index in [0.29, 0.717) is 5.56 Å². The normalized spacial score (nSPS) is 11.7. The topological polar surface area (TPSA) is 45.8 Å². The molecule has 1 heterocycles. The van der Waals surface area contributed by atoms with Crippen LogP contribution in [0.4, 0.5) is 0 Å². The van der Waals surface area contributed by atoms with Crippen molar-refractivity contribution in [3.8, 4) is 22.5 Å². The number of fused-ring (bicyclic) bond motifs is 1. The van der Waals surface area contributed by atoms with Gasteiger partial charge in [0.05, 0.1) is 11.0 Å². The van der Waals surface area contributed by atoms with Gasteiger partial charge in [0.15, 0.2) is 6.29 Å². The standard InChI is InChI=1S/C24H22N2O/c1-24(2,3)19-12-13-21-22(14-19)26-23(25-21)17-10-8-16(9-11-17)20-7-5-4-6-18(20)15-27/h4-15H,1-3H3,(H,25,26). The van der Waals surface area contributed by atoms with Gasteiger partial charge in [-0.05, 0) is 34.2 Å². The monoisotopic (exact) mass is 354 g/mol. The highest BCUT2D eigenvalue weighted by molar-refractivity contribution is 5.88. The smallest absolute Gasteiger partial charge is 0.150 e. The van der Waals surface area contributed by atoms with Crippen molar-refractivity contribution in [3.63, 3.8) is 0 Å². The number of aromatic nitrogens is 2. The summed E-state index contributed by atoms with van der Waals surface area (Å²) in [4.78, 5) is 19.4.